The summed E-state index contributed by atoms with van der Waals surface area (Å²) in [5.74, 6) is -0.770. The van der Waals surface area contributed by atoms with Gasteiger partial charge in [-0.25, -0.2) is 0 Å². The van der Waals surface area contributed by atoms with E-state index >= 15 is 0 Å². The minimum absolute atomic E-state index is 0.0401. The second kappa shape index (κ2) is 4.38. The highest BCUT2D eigenvalue weighted by Gasteiger charge is 2.78. The first-order valence-electron chi connectivity index (χ1n) is 7.13. The Morgan fingerprint density at radius 3 is 2.55 bits per heavy atom. The molecule has 3 rings (SSSR count). The molecule has 3 aliphatic carbocycles. The van der Waals surface area contributed by atoms with Crippen molar-refractivity contribution in [3.63, 3.8) is 0 Å². The van der Waals surface area contributed by atoms with Crippen LogP contribution in [0.15, 0.2) is 0 Å². The van der Waals surface area contributed by atoms with Crippen LogP contribution in [-0.4, -0.2) is 35.4 Å². The fourth-order valence-corrected chi connectivity index (χ4v) is 4.38. The van der Waals surface area contributed by atoms with Crippen molar-refractivity contribution in [2.75, 3.05) is 0 Å². The highest BCUT2D eigenvalue weighted by Crippen LogP contribution is 2.66. The Kier molecular flexibility index (Phi) is 3.01. The molecular weight excluding hydrogens is 260 g/mol. The van der Waals surface area contributed by atoms with Gasteiger partial charge in [-0.15, -0.1) is 0 Å². The van der Waals surface area contributed by atoms with Gasteiger partial charge >= 0.3 is 5.97 Å². The number of hydrogen-bond donors (Lipinski definition) is 1. The molecule has 0 aromatic carbocycles. The number of aliphatic carboxylic acids is 1. The fourth-order valence-electron chi connectivity index (χ4n) is 4.38. The summed E-state index contributed by atoms with van der Waals surface area (Å²) >= 11 is 0. The number of carboxylic acid groups (broad SMARTS) is 1. The molecule has 20 heavy (non-hydrogen) atoms. The maximum Gasteiger partial charge on any atom is 0.304 e. The van der Waals surface area contributed by atoms with Crippen LogP contribution in [0.4, 0.5) is 0 Å². The van der Waals surface area contributed by atoms with E-state index < -0.39 is 22.9 Å². The summed E-state index contributed by atoms with van der Waals surface area (Å²) in [6, 6.07) is 0. The largest absolute Gasteiger partial charge is 0.481 e. The van der Waals surface area contributed by atoms with Crippen molar-refractivity contribution in [3.05, 3.63) is 0 Å². The molecule has 108 valence electrons. The van der Waals surface area contributed by atoms with Gasteiger partial charge in [0.25, 0.3) is 0 Å². The van der Waals surface area contributed by atoms with Crippen LogP contribution < -0.4 is 0 Å². The molecule has 0 aliphatic heterocycles. The van der Waals surface area contributed by atoms with Crippen molar-refractivity contribution in [3.8, 4) is 0 Å². The lowest BCUT2D eigenvalue weighted by atomic mass is 9.96. The Hall–Kier alpha value is -1.23. The predicted molar refractivity (Wildman–Crippen MR) is 68.3 cm³/mol. The molecule has 2 radical (unpaired) electrons. The number of fused-ring (bicyclic) bond motifs is 2. The van der Waals surface area contributed by atoms with Gasteiger partial charge in [0.2, 0.25) is 12.6 Å². The molecular formula is C15H18O5. The van der Waals surface area contributed by atoms with E-state index in [-0.39, 0.29) is 12.5 Å². The molecule has 6 atom stereocenters. The lowest BCUT2D eigenvalue weighted by Gasteiger charge is -2.27. The van der Waals surface area contributed by atoms with Gasteiger partial charge in [-0.2, -0.15) is 0 Å². The number of carboxylic acids is 1. The van der Waals surface area contributed by atoms with Crippen molar-refractivity contribution in [1.29, 1.82) is 0 Å². The maximum absolute atomic E-state index is 11.4. The molecule has 3 aliphatic rings. The molecule has 2 bridgehead atoms. The van der Waals surface area contributed by atoms with Crippen LogP contribution in [0.5, 0.6) is 0 Å². The van der Waals surface area contributed by atoms with E-state index in [1.54, 1.807) is 13.2 Å². The number of hydrogen-bond acceptors (Lipinski definition) is 4. The molecule has 0 amide bonds. The average Bonchev–Trinajstić information content (AvgIpc) is 2.81. The molecule has 5 nitrogen and oxygen atoms in total. The van der Waals surface area contributed by atoms with Crippen molar-refractivity contribution in [2.45, 2.75) is 50.7 Å². The molecule has 0 saturated heterocycles. The molecule has 3 saturated carbocycles. The zero-order chi connectivity index (χ0) is 14.5. The van der Waals surface area contributed by atoms with Crippen molar-refractivity contribution in [2.24, 2.45) is 23.2 Å². The maximum atomic E-state index is 11.4. The summed E-state index contributed by atoms with van der Waals surface area (Å²) in [7, 11) is 0. The smallest absolute Gasteiger partial charge is 0.304 e. The summed E-state index contributed by atoms with van der Waals surface area (Å²) in [5.41, 5.74) is -2.41. The third kappa shape index (κ3) is 1.68. The zero-order valence-corrected chi connectivity index (χ0v) is 11.4. The minimum Gasteiger partial charge on any atom is -0.481 e. The summed E-state index contributed by atoms with van der Waals surface area (Å²) in [5, 5.41) is 8.98. The van der Waals surface area contributed by atoms with E-state index in [2.05, 4.69) is 0 Å². The van der Waals surface area contributed by atoms with Crippen molar-refractivity contribution in [1.82, 2.24) is 0 Å². The first kappa shape index (κ1) is 13.7. The van der Waals surface area contributed by atoms with Crippen LogP contribution in [-0.2, 0) is 19.1 Å². The number of carbonyl (C=O) groups excluding carboxylic acids is 2. The van der Waals surface area contributed by atoms with Crippen LogP contribution in [0.25, 0.3) is 0 Å². The van der Waals surface area contributed by atoms with Crippen LogP contribution in [0, 0.1) is 23.2 Å². The summed E-state index contributed by atoms with van der Waals surface area (Å²) in [6.45, 7) is 1.61. The molecule has 5 heteroatoms. The molecule has 0 spiro atoms. The predicted octanol–water partition coefficient (Wildman–Crippen LogP) is 1.26. The van der Waals surface area contributed by atoms with E-state index in [9.17, 15) is 14.4 Å². The van der Waals surface area contributed by atoms with Gasteiger partial charge in [0.15, 0.2) is 5.60 Å². The average molecular weight is 278 g/mol. The van der Waals surface area contributed by atoms with Gasteiger partial charge < -0.3 is 9.84 Å². The highest BCUT2D eigenvalue weighted by molar-refractivity contribution is 5.86. The zero-order valence-electron chi connectivity index (χ0n) is 11.4. The third-order valence-corrected chi connectivity index (χ3v) is 5.61. The first-order valence-corrected chi connectivity index (χ1v) is 7.13. The topological polar surface area (TPSA) is 80.7 Å². The van der Waals surface area contributed by atoms with E-state index in [0.29, 0.717) is 11.8 Å². The Morgan fingerprint density at radius 1 is 1.35 bits per heavy atom. The molecule has 0 aromatic rings. The lowest BCUT2D eigenvalue weighted by molar-refractivity contribution is -0.139. The van der Waals surface area contributed by atoms with Crippen LogP contribution in [0.3, 0.4) is 0 Å². The summed E-state index contributed by atoms with van der Waals surface area (Å²) < 4.78 is 5.96. The monoisotopic (exact) mass is 278 g/mol. The van der Waals surface area contributed by atoms with E-state index in [0.717, 1.165) is 19.3 Å². The number of rotatable bonds is 6. The minimum atomic E-state index is -1.40. The second-order valence-corrected chi connectivity index (χ2v) is 6.71. The fraction of sp³-hybridized carbons (Fsp3) is 0.800. The highest BCUT2D eigenvalue weighted by atomic mass is 16.5. The molecule has 3 fully saturated rings. The van der Waals surface area contributed by atoms with Gasteiger partial charge in [0.05, 0.1) is 18.4 Å². The summed E-state index contributed by atoms with van der Waals surface area (Å²) in [4.78, 5) is 33.5. The standard InChI is InChI=1S/C15H18O5/c1-14(6-13(18)19)12(7-16)15(14,8-17)20-11-5-9-2-3-10(11)4-9/h9-12H,2-6H2,1H3,(H,18,19). The summed E-state index contributed by atoms with van der Waals surface area (Å²) in [6.07, 6.45) is 7.64. The Balaban J connectivity index is 1.79. The van der Waals surface area contributed by atoms with E-state index in [1.807, 2.05) is 6.29 Å². The number of ether oxygens (including phenoxy) is 1. The molecule has 1 N–H and O–H groups in total. The van der Waals surface area contributed by atoms with Gasteiger partial charge in [-0.1, -0.05) is 6.92 Å². The van der Waals surface area contributed by atoms with Gasteiger partial charge in [-0.3, -0.25) is 14.4 Å². The van der Waals surface area contributed by atoms with Crippen LogP contribution >= 0.6 is 0 Å². The normalized spacial score (nSPS) is 49.0. The first-order chi connectivity index (χ1) is 9.46. The third-order valence-electron chi connectivity index (χ3n) is 5.61. The number of carbonyl (C=O) groups is 1. The lowest BCUT2D eigenvalue weighted by Crippen LogP contribution is -2.34. The van der Waals surface area contributed by atoms with E-state index in [1.165, 1.54) is 6.42 Å². The molecule has 6 unspecified atom stereocenters. The van der Waals surface area contributed by atoms with Crippen LogP contribution in [0.1, 0.15) is 39.0 Å². The quantitative estimate of drug-likeness (QED) is 0.791. The van der Waals surface area contributed by atoms with Crippen LogP contribution in [0.2, 0.25) is 0 Å². The second-order valence-electron chi connectivity index (χ2n) is 6.71. The Bertz CT molecular complexity index is 461. The SMILES string of the molecule is CC1(CC(=O)O)C([C]=O)C1([C]=O)OC1CC2CCC1C2. The van der Waals surface area contributed by atoms with Gasteiger partial charge in [-0.05, 0) is 37.5 Å². The Morgan fingerprint density at radius 2 is 2.10 bits per heavy atom. The van der Waals surface area contributed by atoms with Gasteiger partial charge in [0, 0.05) is 5.41 Å². The van der Waals surface area contributed by atoms with E-state index in [4.69, 9.17) is 9.84 Å². The molecule has 0 heterocycles. The Labute approximate surface area is 117 Å². The van der Waals surface area contributed by atoms with Crippen molar-refractivity contribution < 1.29 is 24.2 Å². The molecule has 0 aromatic heterocycles. The van der Waals surface area contributed by atoms with Gasteiger partial charge in [0.1, 0.15) is 0 Å². The van der Waals surface area contributed by atoms with Crippen molar-refractivity contribution >= 4 is 18.5 Å².